The van der Waals surface area contributed by atoms with E-state index in [9.17, 15) is 0 Å². The van der Waals surface area contributed by atoms with E-state index < -0.39 is 0 Å². The molecule has 0 bridgehead atoms. The van der Waals surface area contributed by atoms with Crippen molar-refractivity contribution in [2.24, 2.45) is 5.73 Å². The Labute approximate surface area is 102 Å². The van der Waals surface area contributed by atoms with E-state index in [2.05, 4.69) is 12.1 Å². The van der Waals surface area contributed by atoms with Gasteiger partial charge in [0.1, 0.15) is 5.75 Å². The number of hydrogen-bond donors (Lipinski definition) is 1. The van der Waals surface area contributed by atoms with Crippen LogP contribution in [0.4, 0.5) is 0 Å². The van der Waals surface area contributed by atoms with Crippen LogP contribution >= 0.6 is 0 Å². The summed E-state index contributed by atoms with van der Waals surface area (Å²) in [7, 11) is 0. The smallest absolute Gasteiger partial charge is 0.119 e. The van der Waals surface area contributed by atoms with Crippen molar-refractivity contribution < 1.29 is 4.74 Å². The van der Waals surface area contributed by atoms with Crippen molar-refractivity contribution in [1.82, 2.24) is 0 Å². The van der Waals surface area contributed by atoms with Crippen LogP contribution in [0.15, 0.2) is 54.6 Å². The molecule has 88 valence electrons. The Morgan fingerprint density at radius 2 is 1.47 bits per heavy atom. The molecule has 0 unspecified atom stereocenters. The first-order valence-electron chi connectivity index (χ1n) is 5.85. The van der Waals surface area contributed by atoms with E-state index in [1.807, 2.05) is 42.5 Å². The van der Waals surface area contributed by atoms with Gasteiger partial charge in [0.05, 0.1) is 6.61 Å². The zero-order valence-electron chi connectivity index (χ0n) is 9.80. The number of hydrogen-bond acceptors (Lipinski definition) is 2. The van der Waals surface area contributed by atoms with Crippen molar-refractivity contribution in [1.29, 1.82) is 0 Å². The highest BCUT2D eigenvalue weighted by Crippen LogP contribution is 2.11. The second-order valence-electron chi connectivity index (χ2n) is 3.88. The van der Waals surface area contributed by atoms with Gasteiger partial charge in [0, 0.05) is 13.0 Å². The van der Waals surface area contributed by atoms with Gasteiger partial charge in [-0.1, -0.05) is 42.5 Å². The van der Waals surface area contributed by atoms with Gasteiger partial charge in [-0.05, 0) is 23.3 Å². The van der Waals surface area contributed by atoms with E-state index in [0.29, 0.717) is 13.2 Å². The highest BCUT2D eigenvalue weighted by Gasteiger charge is 2.00. The minimum Gasteiger partial charge on any atom is -0.493 e. The quantitative estimate of drug-likeness (QED) is 0.852. The van der Waals surface area contributed by atoms with Crippen molar-refractivity contribution >= 4 is 0 Å². The van der Waals surface area contributed by atoms with Gasteiger partial charge in [0.15, 0.2) is 0 Å². The molecule has 2 rings (SSSR count). The van der Waals surface area contributed by atoms with E-state index in [4.69, 9.17) is 10.5 Å². The number of nitrogens with two attached hydrogens (primary N) is 1. The zero-order chi connectivity index (χ0) is 11.9. The summed E-state index contributed by atoms with van der Waals surface area (Å²) in [6.07, 6.45) is 0.891. The van der Waals surface area contributed by atoms with Gasteiger partial charge in [-0.15, -0.1) is 0 Å². The van der Waals surface area contributed by atoms with Crippen LogP contribution in [0, 0.1) is 0 Å². The lowest BCUT2D eigenvalue weighted by Gasteiger charge is -2.09. The summed E-state index contributed by atoms with van der Waals surface area (Å²) in [6.45, 7) is 1.27. The Balaban J connectivity index is 1.90. The van der Waals surface area contributed by atoms with Gasteiger partial charge < -0.3 is 10.5 Å². The second-order valence-corrected chi connectivity index (χ2v) is 3.88. The molecule has 2 aromatic rings. The molecule has 2 heteroatoms. The summed E-state index contributed by atoms with van der Waals surface area (Å²) in [4.78, 5) is 0. The van der Waals surface area contributed by atoms with E-state index in [1.165, 1.54) is 11.1 Å². The van der Waals surface area contributed by atoms with E-state index >= 15 is 0 Å². The molecule has 0 aliphatic heterocycles. The molecular formula is C15H17NO. The third kappa shape index (κ3) is 3.33. The number of ether oxygens (including phenoxy) is 1. The fraction of sp³-hybridized carbons (Fsp3) is 0.200. The molecule has 0 radical (unpaired) electrons. The van der Waals surface area contributed by atoms with Crippen LogP contribution in [0.25, 0.3) is 0 Å². The molecule has 0 heterocycles. The lowest BCUT2D eigenvalue weighted by molar-refractivity contribution is 0.321. The minimum absolute atomic E-state index is 0.585. The molecular weight excluding hydrogens is 210 g/mol. The lowest BCUT2D eigenvalue weighted by Crippen LogP contribution is -2.06. The van der Waals surface area contributed by atoms with Crippen LogP contribution in [-0.4, -0.2) is 6.61 Å². The Morgan fingerprint density at radius 1 is 0.824 bits per heavy atom. The summed E-state index contributed by atoms with van der Waals surface area (Å²) in [5, 5.41) is 0. The number of rotatable bonds is 5. The third-order valence-electron chi connectivity index (χ3n) is 2.72. The summed E-state index contributed by atoms with van der Waals surface area (Å²) < 4.78 is 5.67. The normalized spacial score (nSPS) is 10.2. The van der Waals surface area contributed by atoms with Gasteiger partial charge in [-0.2, -0.15) is 0 Å². The van der Waals surface area contributed by atoms with Crippen molar-refractivity contribution in [3.05, 3.63) is 65.7 Å². The Hall–Kier alpha value is -1.80. The average Bonchev–Trinajstić information content (AvgIpc) is 2.40. The topological polar surface area (TPSA) is 35.2 Å². The van der Waals surface area contributed by atoms with Crippen molar-refractivity contribution in [3.8, 4) is 5.75 Å². The first-order valence-corrected chi connectivity index (χ1v) is 5.85. The predicted octanol–water partition coefficient (Wildman–Crippen LogP) is 2.77. The van der Waals surface area contributed by atoms with Crippen LogP contribution in [0.5, 0.6) is 5.75 Å². The number of para-hydroxylation sites is 1. The molecule has 2 aromatic carbocycles. The van der Waals surface area contributed by atoms with Crippen LogP contribution < -0.4 is 10.5 Å². The van der Waals surface area contributed by atoms with Crippen LogP contribution in [0.2, 0.25) is 0 Å². The van der Waals surface area contributed by atoms with E-state index in [-0.39, 0.29) is 0 Å². The molecule has 0 atom stereocenters. The third-order valence-corrected chi connectivity index (χ3v) is 2.72. The Bertz CT molecular complexity index is 453. The molecule has 0 amide bonds. The summed E-state index contributed by atoms with van der Waals surface area (Å²) in [5.41, 5.74) is 8.16. The monoisotopic (exact) mass is 227 g/mol. The fourth-order valence-electron chi connectivity index (χ4n) is 1.80. The maximum Gasteiger partial charge on any atom is 0.119 e. The highest BCUT2D eigenvalue weighted by molar-refractivity contribution is 5.27. The number of benzene rings is 2. The van der Waals surface area contributed by atoms with Crippen LogP contribution in [0.3, 0.4) is 0 Å². The molecule has 0 aromatic heterocycles. The molecule has 0 spiro atoms. The SMILES string of the molecule is NCc1ccccc1CCOc1ccccc1. The van der Waals surface area contributed by atoms with Gasteiger partial charge in [-0.3, -0.25) is 0 Å². The van der Waals surface area contributed by atoms with Gasteiger partial charge in [0.2, 0.25) is 0 Å². The molecule has 0 saturated carbocycles. The fourth-order valence-corrected chi connectivity index (χ4v) is 1.80. The second kappa shape index (κ2) is 6.06. The van der Waals surface area contributed by atoms with Gasteiger partial charge in [-0.25, -0.2) is 0 Å². The van der Waals surface area contributed by atoms with Crippen molar-refractivity contribution in [2.75, 3.05) is 6.61 Å². The molecule has 17 heavy (non-hydrogen) atoms. The summed E-state index contributed by atoms with van der Waals surface area (Å²) in [6, 6.07) is 18.1. The van der Waals surface area contributed by atoms with E-state index in [1.54, 1.807) is 0 Å². The Kier molecular flexibility index (Phi) is 4.17. The standard InChI is InChI=1S/C15H17NO/c16-12-14-7-5-4-6-13(14)10-11-17-15-8-2-1-3-9-15/h1-9H,10-12,16H2. The van der Waals surface area contributed by atoms with Crippen LogP contribution in [0.1, 0.15) is 11.1 Å². The zero-order valence-corrected chi connectivity index (χ0v) is 9.80. The maximum absolute atomic E-state index is 5.69. The average molecular weight is 227 g/mol. The first kappa shape index (κ1) is 11.7. The van der Waals surface area contributed by atoms with Crippen molar-refractivity contribution in [2.45, 2.75) is 13.0 Å². The molecule has 2 nitrogen and oxygen atoms in total. The Morgan fingerprint density at radius 3 is 2.18 bits per heavy atom. The molecule has 0 saturated heterocycles. The highest BCUT2D eigenvalue weighted by atomic mass is 16.5. The predicted molar refractivity (Wildman–Crippen MR) is 70.0 cm³/mol. The maximum atomic E-state index is 5.69. The first-order chi connectivity index (χ1) is 8.40. The summed E-state index contributed by atoms with van der Waals surface area (Å²) in [5.74, 6) is 0.915. The van der Waals surface area contributed by atoms with Crippen molar-refractivity contribution in [3.63, 3.8) is 0 Å². The molecule has 0 fully saturated rings. The molecule has 0 aliphatic rings. The minimum atomic E-state index is 0.585. The van der Waals surface area contributed by atoms with Crippen LogP contribution in [-0.2, 0) is 13.0 Å². The van der Waals surface area contributed by atoms with Gasteiger partial charge >= 0.3 is 0 Å². The lowest BCUT2D eigenvalue weighted by atomic mass is 10.1. The molecule has 0 aliphatic carbocycles. The summed E-state index contributed by atoms with van der Waals surface area (Å²) >= 11 is 0. The van der Waals surface area contributed by atoms with E-state index in [0.717, 1.165) is 12.2 Å². The van der Waals surface area contributed by atoms with Gasteiger partial charge in [0.25, 0.3) is 0 Å². The largest absolute Gasteiger partial charge is 0.493 e. The molecule has 2 N–H and O–H groups in total.